The maximum absolute atomic E-state index is 9.96. The van der Waals surface area contributed by atoms with Gasteiger partial charge in [-0.25, -0.2) is 15.0 Å². The van der Waals surface area contributed by atoms with E-state index in [0.29, 0.717) is 19.0 Å². The molecule has 5 rings (SSSR count). The van der Waals surface area contributed by atoms with Crippen molar-refractivity contribution < 1.29 is 14.6 Å². The Bertz CT molecular complexity index is 956. The minimum atomic E-state index is -0.566. The van der Waals surface area contributed by atoms with Gasteiger partial charge in [-0.1, -0.05) is 23.8 Å². The molecular weight excluding hydrogens is 344 g/mol. The van der Waals surface area contributed by atoms with Gasteiger partial charge in [-0.15, -0.1) is 0 Å². The zero-order valence-electron chi connectivity index (χ0n) is 14.9. The van der Waals surface area contributed by atoms with Crippen LogP contribution in [0.25, 0.3) is 22.8 Å². The number of benzene rings is 1. The van der Waals surface area contributed by atoms with Crippen molar-refractivity contribution in [1.82, 2.24) is 19.5 Å². The van der Waals surface area contributed by atoms with Crippen molar-refractivity contribution in [3.63, 3.8) is 0 Å². The molecule has 2 saturated heterocycles. The lowest BCUT2D eigenvalue weighted by atomic mass is 10.1. The SMILES string of the molecule is Cc1cccc(-c2ncc(-c3nccn3[C@H]3CO[C@H]4[C@@H]3OC[C@H]4O)cn2)c1. The fourth-order valence-electron chi connectivity index (χ4n) is 3.88. The molecule has 2 fully saturated rings. The highest BCUT2D eigenvalue weighted by atomic mass is 16.6. The fourth-order valence-corrected chi connectivity index (χ4v) is 3.88. The van der Waals surface area contributed by atoms with Crippen LogP contribution in [0.3, 0.4) is 0 Å². The van der Waals surface area contributed by atoms with Crippen molar-refractivity contribution in [2.24, 2.45) is 0 Å². The van der Waals surface area contributed by atoms with Crippen LogP contribution in [0.1, 0.15) is 11.6 Å². The Morgan fingerprint density at radius 1 is 1.04 bits per heavy atom. The molecule has 0 radical (unpaired) electrons. The smallest absolute Gasteiger partial charge is 0.159 e. The van der Waals surface area contributed by atoms with Crippen LogP contribution in [0.15, 0.2) is 49.1 Å². The molecule has 3 aromatic rings. The van der Waals surface area contributed by atoms with Gasteiger partial charge in [0.2, 0.25) is 0 Å². The normalized spacial score (nSPS) is 27.0. The number of imidazole rings is 1. The number of nitrogens with zero attached hydrogens (tertiary/aromatic N) is 4. The first-order chi connectivity index (χ1) is 13.2. The van der Waals surface area contributed by atoms with Crippen LogP contribution in [-0.2, 0) is 9.47 Å². The fraction of sp³-hybridized carbons (Fsp3) is 0.350. The van der Waals surface area contributed by atoms with Crippen LogP contribution in [0.5, 0.6) is 0 Å². The van der Waals surface area contributed by atoms with Crippen LogP contribution in [-0.4, -0.2) is 56.2 Å². The third kappa shape index (κ3) is 2.84. The van der Waals surface area contributed by atoms with Crippen molar-refractivity contribution in [2.75, 3.05) is 13.2 Å². The van der Waals surface area contributed by atoms with Gasteiger partial charge in [0, 0.05) is 30.4 Å². The highest BCUT2D eigenvalue weighted by Crippen LogP contribution is 2.36. The minimum Gasteiger partial charge on any atom is -0.388 e. The average molecular weight is 364 g/mol. The molecule has 4 atom stereocenters. The first-order valence-electron chi connectivity index (χ1n) is 9.04. The number of aromatic nitrogens is 4. The van der Waals surface area contributed by atoms with Gasteiger partial charge in [0.1, 0.15) is 24.1 Å². The first-order valence-corrected chi connectivity index (χ1v) is 9.04. The van der Waals surface area contributed by atoms with E-state index in [2.05, 4.69) is 21.0 Å². The summed E-state index contributed by atoms with van der Waals surface area (Å²) in [7, 11) is 0. The number of ether oxygens (including phenoxy) is 2. The molecule has 2 aliphatic rings. The van der Waals surface area contributed by atoms with Crippen LogP contribution >= 0.6 is 0 Å². The number of fused-ring (bicyclic) bond motifs is 1. The second kappa shape index (κ2) is 6.53. The van der Waals surface area contributed by atoms with E-state index in [1.165, 1.54) is 5.56 Å². The second-order valence-electron chi connectivity index (χ2n) is 7.05. The van der Waals surface area contributed by atoms with Gasteiger partial charge >= 0.3 is 0 Å². The van der Waals surface area contributed by atoms with Gasteiger partial charge in [-0.3, -0.25) is 0 Å². The molecule has 7 heteroatoms. The van der Waals surface area contributed by atoms with E-state index < -0.39 is 6.10 Å². The van der Waals surface area contributed by atoms with Crippen LogP contribution < -0.4 is 0 Å². The van der Waals surface area contributed by atoms with E-state index >= 15 is 0 Å². The number of hydrogen-bond donors (Lipinski definition) is 1. The molecule has 2 aliphatic heterocycles. The van der Waals surface area contributed by atoms with Crippen molar-refractivity contribution in [1.29, 1.82) is 0 Å². The lowest BCUT2D eigenvalue weighted by molar-refractivity contribution is 0.0172. The van der Waals surface area contributed by atoms with E-state index in [1.807, 2.05) is 35.9 Å². The van der Waals surface area contributed by atoms with Crippen LogP contribution in [0.2, 0.25) is 0 Å². The zero-order valence-corrected chi connectivity index (χ0v) is 14.9. The second-order valence-corrected chi connectivity index (χ2v) is 7.05. The molecule has 0 amide bonds. The van der Waals surface area contributed by atoms with E-state index in [-0.39, 0.29) is 18.2 Å². The topological polar surface area (TPSA) is 82.3 Å². The third-order valence-corrected chi connectivity index (χ3v) is 5.21. The summed E-state index contributed by atoms with van der Waals surface area (Å²) in [6, 6.07) is 8.09. The Hall–Kier alpha value is -2.61. The molecule has 0 aliphatic carbocycles. The summed E-state index contributed by atoms with van der Waals surface area (Å²) >= 11 is 0. The maximum Gasteiger partial charge on any atom is 0.159 e. The van der Waals surface area contributed by atoms with Gasteiger partial charge < -0.3 is 19.1 Å². The quantitative estimate of drug-likeness (QED) is 0.766. The predicted octanol–water partition coefficient (Wildman–Crippen LogP) is 2.02. The molecule has 1 N–H and O–H groups in total. The Balaban J connectivity index is 1.44. The Labute approximate surface area is 156 Å². The number of aliphatic hydroxyl groups excluding tert-OH is 1. The van der Waals surface area contributed by atoms with E-state index in [4.69, 9.17) is 9.47 Å². The Morgan fingerprint density at radius 3 is 2.67 bits per heavy atom. The molecule has 7 nitrogen and oxygen atoms in total. The lowest BCUT2D eigenvalue weighted by Gasteiger charge is -2.19. The summed E-state index contributed by atoms with van der Waals surface area (Å²) in [5.74, 6) is 1.46. The summed E-state index contributed by atoms with van der Waals surface area (Å²) in [6.45, 7) is 2.84. The molecule has 1 aromatic carbocycles. The molecule has 138 valence electrons. The van der Waals surface area contributed by atoms with Crippen LogP contribution in [0.4, 0.5) is 0 Å². The van der Waals surface area contributed by atoms with Gasteiger partial charge in [-0.05, 0) is 13.0 Å². The Morgan fingerprint density at radius 2 is 1.85 bits per heavy atom. The number of aryl methyl sites for hydroxylation is 1. The molecule has 0 bridgehead atoms. The maximum atomic E-state index is 9.96. The van der Waals surface area contributed by atoms with Crippen molar-refractivity contribution >= 4 is 0 Å². The van der Waals surface area contributed by atoms with Crippen molar-refractivity contribution in [3.05, 3.63) is 54.6 Å². The van der Waals surface area contributed by atoms with E-state index in [9.17, 15) is 5.11 Å². The predicted molar refractivity (Wildman–Crippen MR) is 97.9 cm³/mol. The van der Waals surface area contributed by atoms with Crippen molar-refractivity contribution in [2.45, 2.75) is 31.3 Å². The summed E-state index contributed by atoms with van der Waals surface area (Å²) in [6.07, 6.45) is 6.24. The first kappa shape index (κ1) is 16.6. The molecule has 2 aromatic heterocycles. The van der Waals surface area contributed by atoms with E-state index in [1.54, 1.807) is 18.6 Å². The highest BCUT2D eigenvalue weighted by molar-refractivity contribution is 5.59. The zero-order chi connectivity index (χ0) is 18.4. The Kier molecular flexibility index (Phi) is 4.00. The molecule has 0 spiro atoms. The third-order valence-electron chi connectivity index (χ3n) is 5.21. The highest BCUT2D eigenvalue weighted by Gasteiger charge is 2.48. The lowest BCUT2D eigenvalue weighted by Crippen LogP contribution is -2.30. The van der Waals surface area contributed by atoms with Gasteiger partial charge in [0.25, 0.3) is 0 Å². The van der Waals surface area contributed by atoms with Crippen LogP contribution in [0, 0.1) is 6.92 Å². The average Bonchev–Trinajstić information content (AvgIpc) is 3.40. The summed E-state index contributed by atoms with van der Waals surface area (Å²) in [5.41, 5.74) is 2.99. The number of hydrogen-bond acceptors (Lipinski definition) is 6. The van der Waals surface area contributed by atoms with Gasteiger partial charge in [-0.2, -0.15) is 0 Å². The molecule has 27 heavy (non-hydrogen) atoms. The molecule has 4 heterocycles. The minimum absolute atomic E-state index is 0.0268. The number of rotatable bonds is 3. The molecule has 0 saturated carbocycles. The molecule has 0 unspecified atom stereocenters. The number of aliphatic hydroxyl groups is 1. The summed E-state index contributed by atoms with van der Waals surface area (Å²) in [5, 5.41) is 9.96. The largest absolute Gasteiger partial charge is 0.388 e. The monoisotopic (exact) mass is 364 g/mol. The van der Waals surface area contributed by atoms with Gasteiger partial charge in [0.05, 0.1) is 24.8 Å². The van der Waals surface area contributed by atoms with Gasteiger partial charge in [0.15, 0.2) is 5.82 Å². The van der Waals surface area contributed by atoms with Crippen molar-refractivity contribution in [3.8, 4) is 22.8 Å². The molecular formula is C20H20N4O3. The standard InChI is InChI=1S/C20H20N4O3/c1-12-3-2-4-13(7-12)19-22-8-14(9-23-19)20-21-5-6-24(20)15-10-26-18-16(25)11-27-17(15)18/h2-9,15-18,25H,10-11H2,1H3/t15-,16+,17+,18+/m0/s1. The summed E-state index contributed by atoms with van der Waals surface area (Å²) in [4.78, 5) is 13.5. The van der Waals surface area contributed by atoms with E-state index in [0.717, 1.165) is 17.0 Å². The summed E-state index contributed by atoms with van der Waals surface area (Å²) < 4.78 is 13.5.